The van der Waals surface area contributed by atoms with Gasteiger partial charge in [-0.2, -0.15) is 0 Å². The van der Waals surface area contributed by atoms with E-state index in [1.807, 2.05) is 0 Å². The minimum atomic E-state index is 0.163. The molecular formula is C11H11N3O2. The molecule has 0 saturated heterocycles. The van der Waals surface area contributed by atoms with Crippen LogP contribution in [0.4, 0.5) is 5.69 Å². The van der Waals surface area contributed by atoms with Gasteiger partial charge in [0, 0.05) is 6.07 Å². The zero-order valence-electron chi connectivity index (χ0n) is 8.50. The summed E-state index contributed by atoms with van der Waals surface area (Å²) < 4.78 is 5.39. The maximum Gasteiger partial charge on any atom is 0.166 e. The van der Waals surface area contributed by atoms with Crippen LogP contribution in [0, 0.1) is 0 Å². The molecule has 0 spiro atoms. The first-order valence-electron chi connectivity index (χ1n) is 4.72. The number of nitrogen functional groups attached to an aromatic ring is 1. The van der Waals surface area contributed by atoms with Crippen molar-refractivity contribution in [3.63, 3.8) is 0 Å². The van der Waals surface area contributed by atoms with Crippen molar-refractivity contribution in [2.45, 2.75) is 6.61 Å². The van der Waals surface area contributed by atoms with Crippen LogP contribution in [-0.2, 0) is 6.61 Å². The second-order valence-corrected chi connectivity index (χ2v) is 3.22. The number of aromatic nitrogens is 2. The lowest BCUT2D eigenvalue weighted by molar-refractivity contribution is 0.294. The van der Waals surface area contributed by atoms with Gasteiger partial charge >= 0.3 is 0 Å². The average molecular weight is 217 g/mol. The molecule has 2 rings (SSSR count). The van der Waals surface area contributed by atoms with Gasteiger partial charge in [-0.05, 0) is 12.1 Å². The number of hydrogen-bond acceptors (Lipinski definition) is 5. The van der Waals surface area contributed by atoms with Gasteiger partial charge in [0.2, 0.25) is 0 Å². The number of phenolic OH excluding ortho intramolecular Hbond substituents is 1. The largest absolute Gasteiger partial charge is 0.508 e. The lowest BCUT2D eigenvalue weighted by atomic mass is 10.3. The van der Waals surface area contributed by atoms with Crippen LogP contribution in [0.5, 0.6) is 11.5 Å². The fourth-order valence-corrected chi connectivity index (χ4v) is 1.16. The van der Waals surface area contributed by atoms with Gasteiger partial charge < -0.3 is 15.6 Å². The van der Waals surface area contributed by atoms with Gasteiger partial charge in [-0.1, -0.05) is 6.07 Å². The van der Waals surface area contributed by atoms with Gasteiger partial charge in [0.05, 0.1) is 18.1 Å². The highest BCUT2D eigenvalue weighted by Crippen LogP contribution is 2.18. The fraction of sp³-hybridized carbons (Fsp3) is 0.0909. The smallest absolute Gasteiger partial charge is 0.166 e. The number of aromatic hydroxyl groups is 1. The van der Waals surface area contributed by atoms with E-state index in [1.165, 1.54) is 18.5 Å². The van der Waals surface area contributed by atoms with Crippen LogP contribution in [-0.4, -0.2) is 15.1 Å². The molecule has 0 aliphatic rings. The maximum absolute atomic E-state index is 9.22. The molecule has 3 N–H and O–H groups in total. The summed E-state index contributed by atoms with van der Waals surface area (Å²) in [4.78, 5) is 7.98. The van der Waals surface area contributed by atoms with Crippen molar-refractivity contribution in [1.29, 1.82) is 0 Å². The second kappa shape index (κ2) is 4.48. The molecule has 0 saturated carbocycles. The molecule has 0 amide bonds. The number of phenols is 1. The van der Waals surface area contributed by atoms with E-state index in [0.717, 1.165) is 0 Å². The van der Waals surface area contributed by atoms with Gasteiger partial charge in [0.1, 0.15) is 18.1 Å². The molecule has 16 heavy (non-hydrogen) atoms. The molecule has 0 aliphatic heterocycles. The molecule has 5 nitrogen and oxygen atoms in total. The number of rotatable bonds is 3. The monoisotopic (exact) mass is 217 g/mol. The lowest BCUT2D eigenvalue weighted by Crippen LogP contribution is -2.01. The van der Waals surface area contributed by atoms with Crippen molar-refractivity contribution in [1.82, 2.24) is 9.97 Å². The van der Waals surface area contributed by atoms with Crippen LogP contribution in [0.25, 0.3) is 0 Å². The van der Waals surface area contributed by atoms with Gasteiger partial charge in [0.25, 0.3) is 0 Å². The quantitative estimate of drug-likeness (QED) is 0.810. The Kier molecular flexibility index (Phi) is 2.86. The number of ether oxygens (including phenoxy) is 1. The zero-order valence-corrected chi connectivity index (χ0v) is 8.50. The number of hydrogen-bond donors (Lipinski definition) is 2. The summed E-state index contributed by atoms with van der Waals surface area (Å²) in [7, 11) is 0. The highest BCUT2D eigenvalue weighted by atomic mass is 16.5. The van der Waals surface area contributed by atoms with Crippen molar-refractivity contribution in [3.05, 3.63) is 42.5 Å². The Balaban J connectivity index is 1.99. The third-order valence-electron chi connectivity index (χ3n) is 1.91. The zero-order chi connectivity index (χ0) is 11.4. The number of nitrogens with zero attached hydrogens (tertiary/aromatic N) is 2. The number of anilines is 1. The highest BCUT2D eigenvalue weighted by molar-refractivity contribution is 5.32. The SMILES string of the molecule is Nc1cnc(COc2cccc(O)c2)nc1. The molecule has 2 aromatic rings. The van der Waals surface area contributed by atoms with Crippen LogP contribution in [0.15, 0.2) is 36.7 Å². The molecule has 82 valence electrons. The van der Waals surface area contributed by atoms with Crippen LogP contribution >= 0.6 is 0 Å². The Hall–Kier alpha value is -2.30. The molecule has 0 fully saturated rings. The molecule has 1 aromatic heterocycles. The van der Waals surface area contributed by atoms with Crippen molar-refractivity contribution in [3.8, 4) is 11.5 Å². The summed E-state index contributed by atoms with van der Waals surface area (Å²) in [5, 5.41) is 9.22. The van der Waals surface area contributed by atoms with Gasteiger partial charge in [-0.15, -0.1) is 0 Å². The summed E-state index contributed by atoms with van der Waals surface area (Å²) in [5.74, 6) is 1.27. The molecule has 0 atom stereocenters. The van der Waals surface area contributed by atoms with Gasteiger partial charge in [-0.25, -0.2) is 9.97 Å². The van der Waals surface area contributed by atoms with Crippen molar-refractivity contribution in [2.75, 3.05) is 5.73 Å². The molecule has 0 aliphatic carbocycles. The summed E-state index contributed by atoms with van der Waals surface area (Å²) in [5.41, 5.74) is 5.97. The van der Waals surface area contributed by atoms with E-state index in [4.69, 9.17) is 10.5 Å². The molecule has 1 aromatic carbocycles. The third kappa shape index (κ3) is 2.60. The fourth-order valence-electron chi connectivity index (χ4n) is 1.16. The van der Waals surface area contributed by atoms with E-state index < -0.39 is 0 Å². The van der Waals surface area contributed by atoms with Gasteiger partial charge in [0.15, 0.2) is 5.82 Å². The van der Waals surface area contributed by atoms with Crippen LogP contribution in [0.1, 0.15) is 5.82 Å². The Morgan fingerprint density at radius 3 is 2.69 bits per heavy atom. The molecule has 5 heteroatoms. The number of nitrogens with two attached hydrogens (primary N) is 1. The summed E-state index contributed by atoms with van der Waals surface area (Å²) in [6.45, 7) is 0.240. The predicted octanol–water partition coefficient (Wildman–Crippen LogP) is 1.34. The summed E-state index contributed by atoms with van der Waals surface area (Å²) >= 11 is 0. The topological polar surface area (TPSA) is 81.3 Å². The summed E-state index contributed by atoms with van der Waals surface area (Å²) in [6, 6.07) is 6.55. The van der Waals surface area contributed by atoms with Crippen LogP contribution < -0.4 is 10.5 Å². The second-order valence-electron chi connectivity index (χ2n) is 3.22. The van der Waals surface area contributed by atoms with E-state index in [1.54, 1.807) is 18.2 Å². The Labute approximate surface area is 92.5 Å². The van der Waals surface area contributed by atoms with E-state index in [2.05, 4.69) is 9.97 Å². The number of benzene rings is 1. The highest BCUT2D eigenvalue weighted by Gasteiger charge is 1.99. The van der Waals surface area contributed by atoms with E-state index in [-0.39, 0.29) is 12.4 Å². The normalized spacial score (nSPS) is 10.0. The van der Waals surface area contributed by atoms with Crippen molar-refractivity contribution < 1.29 is 9.84 Å². The molecule has 0 bridgehead atoms. The summed E-state index contributed by atoms with van der Waals surface area (Å²) in [6.07, 6.45) is 3.04. The standard InChI is InChI=1S/C11H11N3O2/c12-8-5-13-11(14-6-8)7-16-10-3-1-2-9(15)4-10/h1-6,15H,7,12H2. The van der Waals surface area contributed by atoms with Crippen molar-refractivity contribution in [2.24, 2.45) is 0 Å². The van der Waals surface area contributed by atoms with E-state index in [0.29, 0.717) is 17.3 Å². The first-order chi connectivity index (χ1) is 7.74. The Bertz CT molecular complexity index is 471. The molecular weight excluding hydrogens is 206 g/mol. The predicted molar refractivity (Wildman–Crippen MR) is 58.9 cm³/mol. The van der Waals surface area contributed by atoms with Crippen LogP contribution in [0.2, 0.25) is 0 Å². The average Bonchev–Trinajstić information content (AvgIpc) is 2.28. The van der Waals surface area contributed by atoms with E-state index in [9.17, 15) is 5.11 Å². The lowest BCUT2D eigenvalue weighted by Gasteiger charge is -2.05. The first kappa shape index (κ1) is 10.2. The van der Waals surface area contributed by atoms with Gasteiger partial charge in [-0.3, -0.25) is 0 Å². The van der Waals surface area contributed by atoms with Crippen molar-refractivity contribution >= 4 is 5.69 Å². The molecule has 0 unspecified atom stereocenters. The minimum Gasteiger partial charge on any atom is -0.508 e. The maximum atomic E-state index is 9.22. The first-order valence-corrected chi connectivity index (χ1v) is 4.72. The van der Waals surface area contributed by atoms with Crippen LogP contribution in [0.3, 0.4) is 0 Å². The van der Waals surface area contributed by atoms with E-state index >= 15 is 0 Å². The third-order valence-corrected chi connectivity index (χ3v) is 1.91. The molecule has 0 radical (unpaired) electrons. The Morgan fingerprint density at radius 1 is 1.25 bits per heavy atom. The Morgan fingerprint density at radius 2 is 2.00 bits per heavy atom. The molecule has 1 heterocycles. The minimum absolute atomic E-state index is 0.163.